The van der Waals surface area contributed by atoms with E-state index >= 15 is 0 Å². The molecule has 4 nitrogen and oxygen atoms in total. The molecule has 0 spiro atoms. The SMILES string of the molecule is Nc1cc(C(=O)O)c(F)cc1Sc1ccc(Cl)cn1. The summed E-state index contributed by atoms with van der Waals surface area (Å²) in [4.78, 5) is 15.2. The second-order valence-electron chi connectivity index (χ2n) is 3.59. The van der Waals surface area contributed by atoms with Gasteiger partial charge in [0.15, 0.2) is 0 Å². The van der Waals surface area contributed by atoms with Crippen molar-refractivity contribution in [3.63, 3.8) is 0 Å². The molecule has 0 unspecified atom stereocenters. The zero-order valence-corrected chi connectivity index (χ0v) is 11.0. The third-order valence-electron chi connectivity index (χ3n) is 2.24. The highest BCUT2D eigenvalue weighted by Gasteiger charge is 2.14. The van der Waals surface area contributed by atoms with Crippen molar-refractivity contribution in [1.82, 2.24) is 4.98 Å². The number of aromatic nitrogens is 1. The van der Waals surface area contributed by atoms with Crippen LogP contribution in [0.3, 0.4) is 0 Å². The van der Waals surface area contributed by atoms with Crippen LogP contribution in [0.5, 0.6) is 0 Å². The lowest BCUT2D eigenvalue weighted by molar-refractivity contribution is 0.0692. The molecule has 1 aromatic carbocycles. The molecule has 2 aromatic rings. The Balaban J connectivity index is 2.33. The van der Waals surface area contributed by atoms with Gasteiger partial charge < -0.3 is 10.8 Å². The van der Waals surface area contributed by atoms with E-state index in [0.29, 0.717) is 14.9 Å². The highest BCUT2D eigenvalue weighted by Crippen LogP contribution is 2.32. The van der Waals surface area contributed by atoms with Crippen molar-refractivity contribution >= 4 is 35.0 Å². The van der Waals surface area contributed by atoms with Gasteiger partial charge >= 0.3 is 5.97 Å². The summed E-state index contributed by atoms with van der Waals surface area (Å²) >= 11 is 6.83. The molecule has 7 heteroatoms. The van der Waals surface area contributed by atoms with Gasteiger partial charge in [-0.15, -0.1) is 0 Å². The van der Waals surface area contributed by atoms with E-state index in [0.717, 1.165) is 23.9 Å². The molecule has 0 amide bonds. The Morgan fingerprint density at radius 3 is 2.74 bits per heavy atom. The molecule has 0 radical (unpaired) electrons. The molecule has 0 aliphatic carbocycles. The van der Waals surface area contributed by atoms with Gasteiger partial charge in [-0.2, -0.15) is 0 Å². The number of carboxylic acid groups (broad SMARTS) is 1. The van der Waals surface area contributed by atoms with Crippen LogP contribution >= 0.6 is 23.4 Å². The first-order valence-electron chi connectivity index (χ1n) is 5.09. The molecule has 0 atom stereocenters. The molecule has 1 heterocycles. The Morgan fingerprint density at radius 2 is 2.16 bits per heavy atom. The van der Waals surface area contributed by atoms with Gasteiger partial charge in [0.1, 0.15) is 10.8 Å². The van der Waals surface area contributed by atoms with Gasteiger partial charge in [0.25, 0.3) is 0 Å². The van der Waals surface area contributed by atoms with Gasteiger partial charge in [0.2, 0.25) is 0 Å². The van der Waals surface area contributed by atoms with Crippen LogP contribution in [0, 0.1) is 5.82 Å². The minimum Gasteiger partial charge on any atom is -0.478 e. The highest BCUT2D eigenvalue weighted by molar-refractivity contribution is 7.99. The molecule has 0 bridgehead atoms. The predicted octanol–water partition coefficient (Wildman–Crippen LogP) is 3.31. The second-order valence-corrected chi connectivity index (χ2v) is 5.09. The first-order chi connectivity index (χ1) is 8.97. The van der Waals surface area contributed by atoms with Crippen molar-refractivity contribution < 1.29 is 14.3 Å². The van der Waals surface area contributed by atoms with Crippen LogP contribution < -0.4 is 5.73 Å². The maximum absolute atomic E-state index is 13.6. The molecule has 0 aliphatic heterocycles. The molecule has 0 saturated carbocycles. The number of nitrogens with two attached hydrogens (primary N) is 1. The Morgan fingerprint density at radius 1 is 1.42 bits per heavy atom. The molecular formula is C12H8ClFN2O2S. The Kier molecular flexibility index (Phi) is 3.92. The standard InChI is InChI=1S/C12H8ClFN2O2S/c13-6-1-2-11(16-5-6)19-10-4-8(14)7(12(17)18)3-9(10)15/h1-5H,15H2,(H,17,18). The molecule has 0 aliphatic rings. The van der Waals surface area contributed by atoms with Crippen molar-refractivity contribution in [3.05, 3.63) is 46.9 Å². The van der Waals surface area contributed by atoms with Gasteiger partial charge in [-0.05, 0) is 24.3 Å². The fourth-order valence-electron chi connectivity index (χ4n) is 1.36. The highest BCUT2D eigenvalue weighted by atomic mass is 35.5. The average molecular weight is 299 g/mol. The molecule has 19 heavy (non-hydrogen) atoms. The summed E-state index contributed by atoms with van der Waals surface area (Å²) in [5.74, 6) is -2.19. The molecule has 0 saturated heterocycles. The molecule has 2 rings (SSSR count). The van der Waals surface area contributed by atoms with Crippen LogP contribution in [0.1, 0.15) is 10.4 Å². The minimum absolute atomic E-state index is 0.181. The van der Waals surface area contributed by atoms with Crippen LogP contribution in [0.2, 0.25) is 5.02 Å². The molecule has 98 valence electrons. The summed E-state index contributed by atoms with van der Waals surface area (Å²) in [6, 6.07) is 5.49. The number of hydrogen-bond acceptors (Lipinski definition) is 4. The van der Waals surface area contributed by atoms with E-state index in [1.807, 2.05) is 0 Å². The van der Waals surface area contributed by atoms with E-state index in [-0.39, 0.29) is 5.69 Å². The number of nitrogen functional groups attached to an aromatic ring is 1. The topological polar surface area (TPSA) is 76.2 Å². The number of halogens is 2. The monoisotopic (exact) mass is 298 g/mol. The van der Waals surface area contributed by atoms with Crippen molar-refractivity contribution in [1.29, 1.82) is 0 Å². The predicted molar refractivity (Wildman–Crippen MR) is 71.1 cm³/mol. The van der Waals surface area contributed by atoms with Crippen LogP contribution in [0.25, 0.3) is 0 Å². The van der Waals surface area contributed by atoms with Crippen LogP contribution in [0.4, 0.5) is 10.1 Å². The number of carbonyl (C=O) groups is 1. The van der Waals surface area contributed by atoms with Crippen LogP contribution in [-0.2, 0) is 0 Å². The van der Waals surface area contributed by atoms with Crippen molar-refractivity contribution in [2.24, 2.45) is 0 Å². The van der Waals surface area contributed by atoms with Gasteiger partial charge in [0.05, 0.1) is 10.6 Å². The Hall–Kier alpha value is -1.79. The van der Waals surface area contributed by atoms with Crippen molar-refractivity contribution in [2.75, 3.05) is 5.73 Å². The first-order valence-corrected chi connectivity index (χ1v) is 6.28. The van der Waals surface area contributed by atoms with Gasteiger partial charge in [0, 0.05) is 16.8 Å². The normalized spacial score (nSPS) is 10.4. The molecule has 0 fully saturated rings. The van der Waals surface area contributed by atoms with E-state index in [1.54, 1.807) is 12.1 Å². The number of carboxylic acids is 1. The number of benzene rings is 1. The number of nitrogens with zero attached hydrogens (tertiary/aromatic N) is 1. The third kappa shape index (κ3) is 3.15. The fraction of sp³-hybridized carbons (Fsp3) is 0. The lowest BCUT2D eigenvalue weighted by Gasteiger charge is -2.07. The number of aromatic carboxylic acids is 1. The number of hydrogen-bond donors (Lipinski definition) is 2. The van der Waals surface area contributed by atoms with E-state index in [9.17, 15) is 9.18 Å². The minimum atomic E-state index is -1.36. The van der Waals surface area contributed by atoms with E-state index in [4.69, 9.17) is 22.4 Å². The molecule has 3 N–H and O–H groups in total. The fourth-order valence-corrected chi connectivity index (χ4v) is 2.28. The second kappa shape index (κ2) is 5.46. The largest absolute Gasteiger partial charge is 0.478 e. The van der Waals surface area contributed by atoms with Crippen LogP contribution in [0.15, 0.2) is 40.4 Å². The maximum atomic E-state index is 13.6. The van der Waals surface area contributed by atoms with Crippen LogP contribution in [-0.4, -0.2) is 16.1 Å². The van der Waals surface area contributed by atoms with E-state index < -0.39 is 17.3 Å². The molecular weight excluding hydrogens is 291 g/mol. The summed E-state index contributed by atoms with van der Waals surface area (Å²) in [5, 5.41) is 9.84. The van der Waals surface area contributed by atoms with Crippen molar-refractivity contribution in [2.45, 2.75) is 9.92 Å². The number of rotatable bonds is 3. The average Bonchev–Trinajstić information content (AvgIpc) is 2.35. The molecule has 1 aromatic heterocycles. The lowest BCUT2D eigenvalue weighted by atomic mass is 10.2. The summed E-state index contributed by atoms with van der Waals surface area (Å²) in [5.41, 5.74) is 5.43. The lowest BCUT2D eigenvalue weighted by Crippen LogP contribution is -2.03. The van der Waals surface area contributed by atoms with Gasteiger partial charge in [-0.3, -0.25) is 0 Å². The first kappa shape index (κ1) is 13.6. The summed E-state index contributed by atoms with van der Waals surface area (Å²) < 4.78 is 13.6. The summed E-state index contributed by atoms with van der Waals surface area (Å²) in [7, 11) is 0. The smallest absolute Gasteiger partial charge is 0.338 e. The maximum Gasteiger partial charge on any atom is 0.338 e. The van der Waals surface area contributed by atoms with Gasteiger partial charge in [-0.1, -0.05) is 23.4 Å². The Labute approximate surface area is 117 Å². The zero-order chi connectivity index (χ0) is 14.0. The van der Waals surface area contributed by atoms with E-state index in [2.05, 4.69) is 4.98 Å². The summed E-state index contributed by atoms with van der Waals surface area (Å²) in [6.07, 6.45) is 1.46. The third-order valence-corrected chi connectivity index (χ3v) is 3.49. The van der Waals surface area contributed by atoms with Gasteiger partial charge in [-0.25, -0.2) is 14.2 Å². The Bertz CT molecular complexity index is 634. The number of pyridine rings is 1. The summed E-state index contributed by atoms with van der Waals surface area (Å²) in [6.45, 7) is 0. The van der Waals surface area contributed by atoms with Crippen molar-refractivity contribution in [3.8, 4) is 0 Å². The van der Waals surface area contributed by atoms with E-state index in [1.165, 1.54) is 6.20 Å². The zero-order valence-electron chi connectivity index (χ0n) is 9.43. The quantitative estimate of drug-likeness (QED) is 0.850. The number of anilines is 1.